The van der Waals surface area contributed by atoms with Crippen LogP contribution in [-0.2, 0) is 6.54 Å². The monoisotopic (exact) mass is 249 g/mol. The zero-order chi connectivity index (χ0) is 13.2. The topological polar surface area (TPSA) is 32.7 Å². The second-order valence-electron chi connectivity index (χ2n) is 5.97. The van der Waals surface area contributed by atoms with E-state index in [1.807, 2.05) is 6.07 Å². The molecule has 0 unspecified atom stereocenters. The number of hydrogen-bond donors (Lipinski definition) is 1. The van der Waals surface area contributed by atoms with Crippen molar-refractivity contribution in [3.8, 4) is 11.5 Å². The Morgan fingerprint density at radius 2 is 2.17 bits per heavy atom. The van der Waals surface area contributed by atoms with Crippen LogP contribution in [-0.4, -0.2) is 30.2 Å². The summed E-state index contributed by atoms with van der Waals surface area (Å²) >= 11 is 0. The van der Waals surface area contributed by atoms with Gasteiger partial charge in [0.2, 0.25) is 0 Å². The second kappa shape index (κ2) is 5.19. The van der Waals surface area contributed by atoms with Gasteiger partial charge in [-0.25, -0.2) is 0 Å². The molecule has 1 aromatic carbocycles. The van der Waals surface area contributed by atoms with Gasteiger partial charge in [-0.2, -0.15) is 0 Å². The minimum Gasteiger partial charge on any atom is -0.508 e. The number of phenols is 1. The van der Waals surface area contributed by atoms with Crippen LogP contribution in [0.25, 0.3) is 0 Å². The number of rotatable bonds is 3. The number of phenolic OH excluding ortho intramolecular Hbond substituents is 1. The Kier molecular flexibility index (Phi) is 3.81. The number of ether oxygens (including phenoxy) is 1. The summed E-state index contributed by atoms with van der Waals surface area (Å²) in [5.74, 6) is 1.17. The maximum Gasteiger partial charge on any atom is 0.120 e. The lowest BCUT2D eigenvalue weighted by Gasteiger charge is -2.38. The van der Waals surface area contributed by atoms with Crippen LogP contribution in [0.3, 0.4) is 0 Å². The fraction of sp³-hybridized carbons (Fsp3) is 0.600. The predicted octanol–water partition coefficient (Wildman–Crippen LogP) is 3.02. The second-order valence-corrected chi connectivity index (χ2v) is 5.97. The van der Waals surface area contributed by atoms with Gasteiger partial charge >= 0.3 is 0 Å². The lowest BCUT2D eigenvalue weighted by Crippen LogP contribution is -2.39. The van der Waals surface area contributed by atoms with Crippen molar-refractivity contribution < 1.29 is 9.84 Å². The molecule has 1 aliphatic heterocycles. The van der Waals surface area contributed by atoms with Crippen LogP contribution in [0.5, 0.6) is 11.5 Å². The molecule has 0 amide bonds. The Bertz CT molecular complexity index is 415. The third kappa shape index (κ3) is 3.16. The smallest absolute Gasteiger partial charge is 0.120 e. The number of methoxy groups -OCH3 is 1. The van der Waals surface area contributed by atoms with Gasteiger partial charge in [0, 0.05) is 18.7 Å². The van der Waals surface area contributed by atoms with Crippen LogP contribution < -0.4 is 4.74 Å². The van der Waals surface area contributed by atoms with Crippen molar-refractivity contribution in [1.29, 1.82) is 0 Å². The summed E-state index contributed by atoms with van der Waals surface area (Å²) < 4.78 is 5.21. The van der Waals surface area contributed by atoms with Crippen molar-refractivity contribution in [3.63, 3.8) is 0 Å². The Hall–Kier alpha value is -1.22. The highest BCUT2D eigenvalue weighted by Gasteiger charge is 2.26. The Labute approximate surface area is 109 Å². The fourth-order valence-corrected chi connectivity index (χ4v) is 2.74. The first-order valence-corrected chi connectivity index (χ1v) is 6.58. The summed E-state index contributed by atoms with van der Waals surface area (Å²) in [6.07, 6.45) is 2.52. The summed E-state index contributed by atoms with van der Waals surface area (Å²) in [4.78, 5) is 2.41. The molecule has 0 bridgehead atoms. The number of nitrogens with zero attached hydrogens (tertiary/aromatic N) is 1. The van der Waals surface area contributed by atoms with Gasteiger partial charge in [0.25, 0.3) is 0 Å². The molecule has 1 fully saturated rings. The molecule has 2 rings (SSSR count). The number of likely N-dealkylation sites (tertiary alicyclic amines) is 1. The van der Waals surface area contributed by atoms with Gasteiger partial charge in [-0.05, 0) is 43.0 Å². The summed E-state index contributed by atoms with van der Waals surface area (Å²) in [5, 5.41) is 9.91. The van der Waals surface area contributed by atoms with E-state index in [2.05, 4.69) is 18.7 Å². The Morgan fingerprint density at radius 1 is 1.39 bits per heavy atom. The van der Waals surface area contributed by atoms with Crippen LogP contribution in [0.4, 0.5) is 0 Å². The van der Waals surface area contributed by atoms with Crippen LogP contribution in [0, 0.1) is 5.41 Å². The molecule has 0 radical (unpaired) electrons. The average Bonchev–Trinajstić information content (AvgIpc) is 2.31. The van der Waals surface area contributed by atoms with Crippen LogP contribution in [0.2, 0.25) is 0 Å². The third-order valence-electron chi connectivity index (χ3n) is 3.66. The molecule has 0 aliphatic carbocycles. The third-order valence-corrected chi connectivity index (χ3v) is 3.66. The highest BCUT2D eigenvalue weighted by atomic mass is 16.5. The maximum atomic E-state index is 9.91. The van der Waals surface area contributed by atoms with Crippen molar-refractivity contribution in [3.05, 3.63) is 23.8 Å². The van der Waals surface area contributed by atoms with Gasteiger partial charge in [-0.3, -0.25) is 4.90 Å². The highest BCUT2D eigenvalue weighted by Crippen LogP contribution is 2.31. The first-order chi connectivity index (χ1) is 8.50. The molecule has 1 N–H and O–H groups in total. The lowest BCUT2D eigenvalue weighted by atomic mass is 9.84. The number of piperidine rings is 1. The van der Waals surface area contributed by atoms with E-state index in [4.69, 9.17) is 4.74 Å². The van der Waals surface area contributed by atoms with E-state index in [-0.39, 0.29) is 0 Å². The molecule has 1 heterocycles. The molecule has 3 nitrogen and oxygen atoms in total. The molecule has 0 atom stereocenters. The van der Waals surface area contributed by atoms with Crippen molar-refractivity contribution in [2.75, 3.05) is 20.2 Å². The van der Waals surface area contributed by atoms with Crippen LogP contribution in [0.15, 0.2) is 18.2 Å². The van der Waals surface area contributed by atoms with Crippen molar-refractivity contribution in [2.45, 2.75) is 33.2 Å². The first kappa shape index (κ1) is 13.2. The van der Waals surface area contributed by atoms with E-state index in [9.17, 15) is 5.11 Å². The quantitative estimate of drug-likeness (QED) is 0.893. The molecule has 3 heteroatoms. The summed E-state index contributed by atoms with van der Waals surface area (Å²) in [6, 6.07) is 5.43. The van der Waals surface area contributed by atoms with E-state index in [1.54, 1.807) is 19.2 Å². The van der Waals surface area contributed by atoms with Crippen LogP contribution in [0.1, 0.15) is 32.3 Å². The van der Waals surface area contributed by atoms with E-state index >= 15 is 0 Å². The molecular weight excluding hydrogens is 226 g/mol. The zero-order valence-corrected chi connectivity index (χ0v) is 11.6. The molecule has 100 valence electrons. The highest BCUT2D eigenvalue weighted by molar-refractivity contribution is 5.39. The van der Waals surface area contributed by atoms with Gasteiger partial charge < -0.3 is 9.84 Å². The van der Waals surface area contributed by atoms with Crippen molar-refractivity contribution in [1.82, 2.24) is 4.90 Å². The molecule has 0 saturated carbocycles. The van der Waals surface area contributed by atoms with Crippen LogP contribution >= 0.6 is 0 Å². The standard InChI is InChI=1S/C15H23NO2/c1-15(2)7-4-8-16(11-15)10-12-9-13(18-3)5-6-14(12)17/h5-6,9,17H,4,7-8,10-11H2,1-3H3. The van der Waals surface area contributed by atoms with E-state index in [0.717, 1.165) is 30.9 Å². The van der Waals surface area contributed by atoms with Gasteiger partial charge in [0.05, 0.1) is 7.11 Å². The van der Waals surface area contributed by atoms with Crippen molar-refractivity contribution >= 4 is 0 Å². The SMILES string of the molecule is COc1ccc(O)c(CN2CCCC(C)(C)C2)c1. The molecule has 18 heavy (non-hydrogen) atoms. The maximum absolute atomic E-state index is 9.91. The molecule has 1 aliphatic rings. The first-order valence-electron chi connectivity index (χ1n) is 6.58. The lowest BCUT2D eigenvalue weighted by molar-refractivity contribution is 0.111. The average molecular weight is 249 g/mol. The van der Waals surface area contributed by atoms with E-state index in [0.29, 0.717) is 11.2 Å². The molecule has 1 saturated heterocycles. The van der Waals surface area contributed by atoms with Gasteiger partial charge in [0.15, 0.2) is 0 Å². The largest absolute Gasteiger partial charge is 0.508 e. The summed E-state index contributed by atoms with van der Waals surface area (Å²) in [6.45, 7) is 7.62. The van der Waals surface area contributed by atoms with Gasteiger partial charge in [-0.15, -0.1) is 0 Å². The minimum atomic E-state index is 0.360. The molecule has 0 aromatic heterocycles. The normalized spacial score (nSPS) is 19.7. The van der Waals surface area contributed by atoms with E-state index < -0.39 is 0 Å². The summed E-state index contributed by atoms with van der Waals surface area (Å²) in [5.41, 5.74) is 1.33. The van der Waals surface area contributed by atoms with Crippen molar-refractivity contribution in [2.24, 2.45) is 5.41 Å². The number of hydrogen-bond acceptors (Lipinski definition) is 3. The zero-order valence-electron chi connectivity index (χ0n) is 11.6. The molecule has 1 aromatic rings. The van der Waals surface area contributed by atoms with Gasteiger partial charge in [-0.1, -0.05) is 13.8 Å². The summed E-state index contributed by atoms with van der Waals surface area (Å²) in [7, 11) is 1.65. The molecular formula is C15H23NO2. The number of aromatic hydroxyl groups is 1. The minimum absolute atomic E-state index is 0.360. The Morgan fingerprint density at radius 3 is 2.83 bits per heavy atom. The number of benzene rings is 1. The fourth-order valence-electron chi connectivity index (χ4n) is 2.74. The Balaban J connectivity index is 2.09. The predicted molar refractivity (Wildman–Crippen MR) is 73.0 cm³/mol. The van der Waals surface area contributed by atoms with Gasteiger partial charge in [0.1, 0.15) is 11.5 Å². The van der Waals surface area contributed by atoms with E-state index in [1.165, 1.54) is 12.8 Å². The molecule has 0 spiro atoms.